The zero-order valence-corrected chi connectivity index (χ0v) is 13.5. The molecule has 0 spiro atoms. The molecule has 1 aromatic carbocycles. The van der Waals surface area contributed by atoms with Gasteiger partial charge in [0.25, 0.3) is 0 Å². The maximum Gasteiger partial charge on any atom is 0.358 e. The molecule has 112 valence electrons. The lowest BCUT2D eigenvalue weighted by Crippen LogP contribution is -2.17. The smallest absolute Gasteiger partial charge is 0.358 e. The molecule has 1 heterocycles. The lowest BCUT2D eigenvalue weighted by Gasteiger charge is -2.20. The predicted octanol–water partition coefficient (Wildman–Crippen LogP) is 3.57. The molecule has 0 saturated carbocycles. The Morgan fingerprint density at radius 3 is 2.14 bits per heavy atom. The van der Waals surface area contributed by atoms with Crippen LogP contribution in [0.5, 0.6) is 0 Å². The van der Waals surface area contributed by atoms with Gasteiger partial charge in [-0.2, -0.15) is 5.10 Å². The molecule has 21 heavy (non-hydrogen) atoms. The van der Waals surface area contributed by atoms with Crippen molar-refractivity contribution in [3.8, 4) is 5.69 Å². The molecule has 0 aliphatic rings. The molecule has 0 N–H and O–H groups in total. The number of carbonyl (C=O) groups is 1. The maximum atomic E-state index is 11.8. The van der Waals surface area contributed by atoms with Crippen molar-refractivity contribution in [1.82, 2.24) is 9.78 Å². The van der Waals surface area contributed by atoms with Gasteiger partial charge in [0.1, 0.15) is 0 Å². The Bertz CT molecular complexity index is 658. The van der Waals surface area contributed by atoms with Gasteiger partial charge in [0.2, 0.25) is 0 Å². The summed E-state index contributed by atoms with van der Waals surface area (Å²) in [6.45, 7) is 10.4. The summed E-state index contributed by atoms with van der Waals surface area (Å²) < 4.78 is 6.63. The average Bonchev–Trinajstić information content (AvgIpc) is 2.81. The second-order valence-corrected chi connectivity index (χ2v) is 6.41. The number of hydrogen-bond acceptors (Lipinski definition) is 3. The summed E-state index contributed by atoms with van der Waals surface area (Å²) in [6, 6.07) is 8.06. The molecule has 1 aromatic heterocycles. The van der Waals surface area contributed by atoms with E-state index in [0.29, 0.717) is 5.69 Å². The fraction of sp³-hybridized carbons (Fsp3) is 0.412. The van der Waals surface area contributed by atoms with Crippen LogP contribution in [0.3, 0.4) is 0 Å². The Labute approximate surface area is 125 Å². The Hall–Kier alpha value is -2.10. The maximum absolute atomic E-state index is 11.8. The molecule has 4 nitrogen and oxygen atoms in total. The van der Waals surface area contributed by atoms with Crippen LogP contribution in [0, 0.1) is 13.8 Å². The van der Waals surface area contributed by atoms with E-state index in [1.807, 2.05) is 10.7 Å². The summed E-state index contributed by atoms with van der Waals surface area (Å²) in [6.07, 6.45) is 0. The number of esters is 1. The Balaban J connectivity index is 2.66. The van der Waals surface area contributed by atoms with Gasteiger partial charge in [-0.3, -0.25) is 0 Å². The van der Waals surface area contributed by atoms with Gasteiger partial charge in [-0.05, 0) is 43.2 Å². The minimum absolute atomic E-state index is 0.128. The normalized spacial score (nSPS) is 11.5. The van der Waals surface area contributed by atoms with Crippen LogP contribution in [0.15, 0.2) is 24.3 Å². The largest absolute Gasteiger partial charge is 0.464 e. The summed E-state index contributed by atoms with van der Waals surface area (Å²) in [4.78, 5) is 11.8. The highest BCUT2D eigenvalue weighted by Gasteiger charge is 2.24. The van der Waals surface area contributed by atoms with E-state index in [-0.39, 0.29) is 5.41 Å². The summed E-state index contributed by atoms with van der Waals surface area (Å²) in [7, 11) is 1.37. The van der Waals surface area contributed by atoms with Crippen LogP contribution in [-0.4, -0.2) is 22.9 Å². The molecule has 2 aromatic rings. The second-order valence-electron chi connectivity index (χ2n) is 6.41. The molecule has 0 atom stereocenters. The van der Waals surface area contributed by atoms with E-state index in [1.165, 1.54) is 18.2 Å². The predicted molar refractivity (Wildman–Crippen MR) is 83.1 cm³/mol. The number of methoxy groups -OCH3 is 1. The number of hydrogen-bond donors (Lipinski definition) is 0. The Morgan fingerprint density at radius 1 is 1.10 bits per heavy atom. The van der Waals surface area contributed by atoms with E-state index in [2.05, 4.69) is 57.9 Å². The number of aromatic nitrogens is 2. The van der Waals surface area contributed by atoms with Crippen LogP contribution in [0.4, 0.5) is 0 Å². The first-order chi connectivity index (χ1) is 9.72. The first-order valence-electron chi connectivity index (χ1n) is 7.00. The number of rotatable bonds is 2. The van der Waals surface area contributed by atoms with Crippen LogP contribution in [-0.2, 0) is 10.2 Å². The van der Waals surface area contributed by atoms with Crippen molar-refractivity contribution < 1.29 is 9.53 Å². The SMILES string of the molecule is COC(=O)c1cc(C(C)(C)C)n(-c2cc(C)cc(C)c2)n1. The van der Waals surface area contributed by atoms with Crippen molar-refractivity contribution in [1.29, 1.82) is 0 Å². The monoisotopic (exact) mass is 286 g/mol. The van der Waals surface area contributed by atoms with Crippen molar-refractivity contribution in [2.75, 3.05) is 7.11 Å². The molecule has 0 aliphatic heterocycles. The summed E-state index contributed by atoms with van der Waals surface area (Å²) in [5.74, 6) is -0.413. The minimum atomic E-state index is -0.413. The molecular weight excluding hydrogens is 264 g/mol. The molecular formula is C17H22N2O2. The van der Waals surface area contributed by atoms with Crippen molar-refractivity contribution in [2.24, 2.45) is 0 Å². The minimum Gasteiger partial charge on any atom is -0.464 e. The lowest BCUT2D eigenvalue weighted by molar-refractivity contribution is 0.0593. The van der Waals surface area contributed by atoms with Gasteiger partial charge in [0, 0.05) is 5.41 Å². The fourth-order valence-electron chi connectivity index (χ4n) is 2.39. The Kier molecular flexibility index (Phi) is 3.90. The molecule has 0 saturated heterocycles. The molecule has 0 fully saturated rings. The number of carbonyl (C=O) groups excluding carboxylic acids is 1. The summed E-state index contributed by atoms with van der Waals surface area (Å²) >= 11 is 0. The number of aryl methyl sites for hydroxylation is 2. The number of nitrogens with zero attached hydrogens (tertiary/aromatic N) is 2. The van der Waals surface area contributed by atoms with E-state index in [9.17, 15) is 4.79 Å². The Morgan fingerprint density at radius 2 is 1.67 bits per heavy atom. The van der Waals surface area contributed by atoms with Gasteiger partial charge in [-0.25, -0.2) is 9.48 Å². The third kappa shape index (κ3) is 3.15. The van der Waals surface area contributed by atoms with Crippen molar-refractivity contribution in [3.05, 3.63) is 46.8 Å². The number of ether oxygens (including phenoxy) is 1. The van der Waals surface area contributed by atoms with Gasteiger partial charge < -0.3 is 4.74 Å². The fourth-order valence-corrected chi connectivity index (χ4v) is 2.39. The molecule has 2 rings (SSSR count). The molecule has 0 amide bonds. The van der Waals surface area contributed by atoms with Gasteiger partial charge in [0.05, 0.1) is 18.5 Å². The third-order valence-electron chi connectivity index (χ3n) is 3.32. The van der Waals surface area contributed by atoms with Gasteiger partial charge in [0.15, 0.2) is 5.69 Å². The van der Waals surface area contributed by atoms with E-state index in [1.54, 1.807) is 0 Å². The van der Waals surface area contributed by atoms with Crippen LogP contribution in [0.25, 0.3) is 5.69 Å². The summed E-state index contributed by atoms with van der Waals surface area (Å²) in [5, 5.41) is 4.44. The second kappa shape index (κ2) is 5.35. The van der Waals surface area contributed by atoms with Gasteiger partial charge in [-0.1, -0.05) is 26.8 Å². The van der Waals surface area contributed by atoms with E-state index in [0.717, 1.165) is 11.4 Å². The van der Waals surface area contributed by atoms with Gasteiger partial charge in [-0.15, -0.1) is 0 Å². The quantitative estimate of drug-likeness (QED) is 0.793. The first-order valence-corrected chi connectivity index (χ1v) is 7.00. The van der Waals surface area contributed by atoms with Crippen LogP contribution >= 0.6 is 0 Å². The van der Waals surface area contributed by atoms with Crippen molar-refractivity contribution in [3.63, 3.8) is 0 Å². The average molecular weight is 286 g/mol. The zero-order valence-electron chi connectivity index (χ0n) is 13.5. The van der Waals surface area contributed by atoms with Crippen LogP contribution in [0.2, 0.25) is 0 Å². The van der Waals surface area contributed by atoms with Crippen LogP contribution in [0.1, 0.15) is 48.1 Å². The van der Waals surface area contributed by atoms with Crippen LogP contribution < -0.4 is 0 Å². The first kappa shape index (κ1) is 15.3. The highest BCUT2D eigenvalue weighted by molar-refractivity contribution is 5.87. The van der Waals surface area contributed by atoms with E-state index in [4.69, 9.17) is 4.74 Å². The van der Waals surface area contributed by atoms with E-state index >= 15 is 0 Å². The third-order valence-corrected chi connectivity index (χ3v) is 3.32. The van der Waals surface area contributed by atoms with Crippen molar-refractivity contribution in [2.45, 2.75) is 40.0 Å². The highest BCUT2D eigenvalue weighted by atomic mass is 16.5. The lowest BCUT2D eigenvalue weighted by atomic mass is 9.91. The standard InChI is InChI=1S/C17H22N2O2/c1-11-7-12(2)9-13(8-11)19-15(17(3,4)5)10-14(18-19)16(20)21-6/h7-10H,1-6H3. The summed E-state index contributed by atoms with van der Waals surface area (Å²) in [5.41, 5.74) is 4.48. The highest BCUT2D eigenvalue weighted by Crippen LogP contribution is 2.27. The van der Waals surface area contributed by atoms with E-state index < -0.39 is 5.97 Å². The van der Waals surface area contributed by atoms with Gasteiger partial charge >= 0.3 is 5.97 Å². The molecule has 4 heteroatoms. The molecule has 0 radical (unpaired) electrons. The molecule has 0 aliphatic carbocycles. The zero-order chi connectivity index (χ0) is 15.8. The molecule has 0 bridgehead atoms. The van der Waals surface area contributed by atoms with Crippen molar-refractivity contribution >= 4 is 5.97 Å². The number of benzene rings is 1. The molecule has 0 unspecified atom stereocenters. The topological polar surface area (TPSA) is 44.1 Å².